The van der Waals surface area contributed by atoms with Gasteiger partial charge in [0.05, 0.1) is 17.1 Å². The minimum atomic E-state index is -0.134. The van der Waals surface area contributed by atoms with Crippen molar-refractivity contribution in [3.63, 3.8) is 0 Å². The molecule has 0 saturated heterocycles. The molecule has 1 atom stereocenters. The number of carbonyl (C=O) groups is 2. The van der Waals surface area contributed by atoms with Gasteiger partial charge in [0.15, 0.2) is 5.78 Å². The number of carbonyl (C=O) groups excluding carboxylic acids is 2. The second kappa shape index (κ2) is 7.87. The third-order valence-electron chi connectivity index (χ3n) is 6.01. The van der Waals surface area contributed by atoms with Gasteiger partial charge in [-0.05, 0) is 63.1 Å². The number of amides is 1. The largest absolute Gasteiger partial charge is 0.354 e. The smallest absolute Gasteiger partial charge is 0.270 e. The van der Waals surface area contributed by atoms with Crippen LogP contribution in [0.4, 0.5) is 0 Å². The SMILES string of the molecule is CC(=O)c1c(C)[nH]c(C(=O)N(C)C(C)c2ccc(-n3cnc4ccccc43)cc2)c1C. The van der Waals surface area contributed by atoms with Crippen molar-refractivity contribution in [2.75, 3.05) is 7.05 Å². The van der Waals surface area contributed by atoms with Crippen molar-refractivity contribution in [1.29, 1.82) is 0 Å². The number of rotatable bonds is 5. The number of aromatic nitrogens is 3. The summed E-state index contributed by atoms with van der Waals surface area (Å²) in [4.78, 5) is 34.3. The summed E-state index contributed by atoms with van der Waals surface area (Å²) in [6.45, 7) is 7.16. The topological polar surface area (TPSA) is 71.0 Å². The van der Waals surface area contributed by atoms with E-state index in [-0.39, 0.29) is 17.7 Å². The highest BCUT2D eigenvalue weighted by molar-refractivity contribution is 6.02. The van der Waals surface area contributed by atoms with Gasteiger partial charge in [-0.1, -0.05) is 24.3 Å². The number of imidazole rings is 1. The average molecular weight is 415 g/mol. The molecule has 1 N–H and O–H groups in total. The number of aryl methyl sites for hydroxylation is 1. The van der Waals surface area contributed by atoms with Crippen molar-refractivity contribution < 1.29 is 9.59 Å². The van der Waals surface area contributed by atoms with Crippen LogP contribution >= 0.6 is 0 Å². The molecule has 4 rings (SSSR count). The van der Waals surface area contributed by atoms with E-state index in [0.29, 0.717) is 16.8 Å². The minimum Gasteiger partial charge on any atom is -0.354 e. The molecule has 0 fully saturated rings. The fourth-order valence-electron chi connectivity index (χ4n) is 4.15. The number of hydrogen-bond donors (Lipinski definition) is 1. The number of hydrogen-bond acceptors (Lipinski definition) is 3. The maximum absolute atomic E-state index is 13.1. The zero-order valence-corrected chi connectivity index (χ0v) is 18.4. The quantitative estimate of drug-likeness (QED) is 0.467. The maximum Gasteiger partial charge on any atom is 0.270 e. The van der Waals surface area contributed by atoms with E-state index in [1.807, 2.05) is 80.2 Å². The first-order valence-corrected chi connectivity index (χ1v) is 10.3. The number of nitrogens with zero attached hydrogens (tertiary/aromatic N) is 3. The van der Waals surface area contributed by atoms with Crippen LogP contribution in [0.1, 0.15) is 57.6 Å². The van der Waals surface area contributed by atoms with Crippen molar-refractivity contribution >= 4 is 22.7 Å². The van der Waals surface area contributed by atoms with Gasteiger partial charge in [0.25, 0.3) is 5.91 Å². The molecule has 0 saturated carbocycles. The number of ketones is 1. The van der Waals surface area contributed by atoms with Gasteiger partial charge in [-0.25, -0.2) is 4.98 Å². The summed E-state index contributed by atoms with van der Waals surface area (Å²) in [7, 11) is 1.79. The van der Waals surface area contributed by atoms with E-state index in [1.54, 1.807) is 11.9 Å². The lowest BCUT2D eigenvalue weighted by molar-refractivity contribution is 0.0736. The Morgan fingerprint density at radius 1 is 1.06 bits per heavy atom. The number of nitrogens with one attached hydrogen (secondary N) is 1. The van der Waals surface area contributed by atoms with Gasteiger partial charge in [0, 0.05) is 24.0 Å². The van der Waals surface area contributed by atoms with Gasteiger partial charge in [-0.15, -0.1) is 0 Å². The lowest BCUT2D eigenvalue weighted by Gasteiger charge is -2.25. The molecule has 0 aliphatic carbocycles. The second-order valence-electron chi connectivity index (χ2n) is 7.97. The van der Waals surface area contributed by atoms with Gasteiger partial charge in [-0.2, -0.15) is 0 Å². The van der Waals surface area contributed by atoms with Crippen LogP contribution < -0.4 is 0 Å². The van der Waals surface area contributed by atoms with E-state index in [9.17, 15) is 9.59 Å². The van der Waals surface area contributed by atoms with E-state index < -0.39 is 0 Å². The van der Waals surface area contributed by atoms with Crippen molar-refractivity contribution in [2.24, 2.45) is 0 Å². The van der Waals surface area contributed by atoms with E-state index in [0.717, 1.165) is 28.0 Å². The van der Waals surface area contributed by atoms with Gasteiger partial charge in [-0.3, -0.25) is 14.2 Å². The van der Waals surface area contributed by atoms with Crippen molar-refractivity contribution in [3.8, 4) is 5.69 Å². The molecule has 1 amide bonds. The highest BCUT2D eigenvalue weighted by Gasteiger charge is 2.25. The molecule has 0 bridgehead atoms. The van der Waals surface area contributed by atoms with E-state index >= 15 is 0 Å². The number of para-hydroxylation sites is 2. The zero-order chi connectivity index (χ0) is 22.3. The number of aromatic amines is 1. The molecule has 31 heavy (non-hydrogen) atoms. The Hall–Kier alpha value is -3.67. The summed E-state index contributed by atoms with van der Waals surface area (Å²) < 4.78 is 2.05. The molecule has 0 spiro atoms. The fraction of sp³-hybridized carbons (Fsp3) is 0.240. The Balaban J connectivity index is 1.58. The van der Waals surface area contributed by atoms with Crippen LogP contribution in [-0.2, 0) is 0 Å². The van der Waals surface area contributed by atoms with Crippen LogP contribution in [0.2, 0.25) is 0 Å². The highest BCUT2D eigenvalue weighted by atomic mass is 16.2. The Bertz CT molecular complexity index is 1280. The first-order chi connectivity index (χ1) is 14.8. The number of benzene rings is 2. The molecule has 0 aliphatic heterocycles. The predicted octanol–water partition coefficient (Wildman–Crippen LogP) is 5.01. The lowest BCUT2D eigenvalue weighted by atomic mass is 10.0. The lowest BCUT2D eigenvalue weighted by Crippen LogP contribution is -2.30. The summed E-state index contributed by atoms with van der Waals surface area (Å²) in [5.74, 6) is -0.172. The van der Waals surface area contributed by atoms with Crippen molar-refractivity contribution in [3.05, 3.63) is 82.9 Å². The molecule has 0 aliphatic rings. The van der Waals surface area contributed by atoms with Crippen LogP contribution in [0, 0.1) is 13.8 Å². The van der Waals surface area contributed by atoms with Crippen molar-refractivity contribution in [2.45, 2.75) is 33.7 Å². The Labute approximate surface area is 181 Å². The fourth-order valence-corrected chi connectivity index (χ4v) is 4.15. The Morgan fingerprint density at radius 2 is 1.74 bits per heavy atom. The monoisotopic (exact) mass is 414 g/mol. The van der Waals surface area contributed by atoms with Gasteiger partial charge in [0.1, 0.15) is 12.0 Å². The third kappa shape index (κ3) is 3.54. The molecule has 6 nitrogen and oxygen atoms in total. The normalized spacial score (nSPS) is 12.2. The molecule has 2 aromatic carbocycles. The van der Waals surface area contributed by atoms with Crippen LogP contribution in [0.15, 0.2) is 54.9 Å². The molecule has 2 heterocycles. The average Bonchev–Trinajstić information content (AvgIpc) is 3.32. The number of Topliss-reactive ketones (excluding diaryl/α,β-unsaturated/α-hetero) is 1. The van der Waals surface area contributed by atoms with Gasteiger partial charge in [0.2, 0.25) is 0 Å². The van der Waals surface area contributed by atoms with Crippen LogP contribution in [0.3, 0.4) is 0 Å². The summed E-state index contributed by atoms with van der Waals surface area (Å²) in [5, 5.41) is 0. The molecule has 4 aromatic rings. The second-order valence-corrected chi connectivity index (χ2v) is 7.97. The first kappa shape index (κ1) is 20.6. The van der Waals surface area contributed by atoms with Crippen LogP contribution in [0.25, 0.3) is 16.7 Å². The summed E-state index contributed by atoms with van der Waals surface area (Å²) in [6, 6.07) is 16.0. The molecular weight excluding hydrogens is 388 g/mol. The first-order valence-electron chi connectivity index (χ1n) is 10.3. The van der Waals surface area contributed by atoms with Crippen LogP contribution in [-0.4, -0.2) is 38.2 Å². The number of fused-ring (bicyclic) bond motifs is 1. The van der Waals surface area contributed by atoms with Crippen molar-refractivity contribution in [1.82, 2.24) is 19.4 Å². The van der Waals surface area contributed by atoms with E-state index in [2.05, 4.69) is 9.97 Å². The molecule has 158 valence electrons. The molecule has 1 unspecified atom stereocenters. The summed E-state index contributed by atoms with van der Waals surface area (Å²) in [5.41, 5.74) is 6.54. The highest BCUT2D eigenvalue weighted by Crippen LogP contribution is 2.26. The summed E-state index contributed by atoms with van der Waals surface area (Å²) >= 11 is 0. The van der Waals surface area contributed by atoms with E-state index in [1.165, 1.54) is 6.92 Å². The zero-order valence-electron chi connectivity index (χ0n) is 18.4. The molecule has 2 aromatic heterocycles. The van der Waals surface area contributed by atoms with Gasteiger partial charge < -0.3 is 9.88 Å². The Morgan fingerprint density at radius 3 is 2.39 bits per heavy atom. The standard InChI is InChI=1S/C25H26N4O2/c1-15-23(18(4)30)16(2)27-24(15)25(31)28(5)17(3)19-10-12-20(13-11-19)29-14-26-21-8-6-7-9-22(21)29/h6-14,17,27H,1-5H3. The van der Waals surface area contributed by atoms with Gasteiger partial charge >= 0.3 is 0 Å². The van der Waals surface area contributed by atoms with E-state index in [4.69, 9.17) is 0 Å². The maximum atomic E-state index is 13.1. The predicted molar refractivity (Wildman–Crippen MR) is 122 cm³/mol. The minimum absolute atomic E-state index is 0.0383. The van der Waals surface area contributed by atoms with Crippen LogP contribution in [0.5, 0.6) is 0 Å². The molecular formula is C25H26N4O2. The third-order valence-corrected chi connectivity index (χ3v) is 6.01. The Kier molecular flexibility index (Phi) is 5.23. The summed E-state index contributed by atoms with van der Waals surface area (Å²) in [6.07, 6.45) is 1.82. The number of H-pyrrole nitrogens is 1. The molecule has 0 radical (unpaired) electrons. The molecule has 6 heteroatoms.